The lowest BCUT2D eigenvalue weighted by molar-refractivity contribution is -0.146. The fourth-order valence-electron chi connectivity index (χ4n) is 1.22. The molecule has 16 heavy (non-hydrogen) atoms. The van der Waals surface area contributed by atoms with Crippen molar-refractivity contribution in [2.75, 3.05) is 6.61 Å². The van der Waals surface area contributed by atoms with E-state index in [0.29, 0.717) is 12.2 Å². The second-order valence-corrected chi connectivity index (χ2v) is 3.36. The molecule has 0 aliphatic rings. The normalized spacial score (nSPS) is 12.1. The van der Waals surface area contributed by atoms with Gasteiger partial charge in [-0.2, -0.15) is 18.3 Å². The zero-order valence-electron chi connectivity index (χ0n) is 8.92. The van der Waals surface area contributed by atoms with Gasteiger partial charge in [0.15, 0.2) is 0 Å². The van der Waals surface area contributed by atoms with Gasteiger partial charge in [0.1, 0.15) is 0 Å². The Labute approximate surface area is 91.2 Å². The number of halogens is 3. The molecule has 0 aromatic carbocycles. The van der Waals surface area contributed by atoms with Gasteiger partial charge in [-0.1, -0.05) is 0 Å². The van der Waals surface area contributed by atoms with Gasteiger partial charge in [-0.15, -0.1) is 0 Å². The summed E-state index contributed by atoms with van der Waals surface area (Å²) in [6.07, 6.45) is -3.53. The molecule has 2 N–H and O–H groups in total. The number of nitrogens with two attached hydrogens (primary N) is 1. The highest BCUT2D eigenvalue weighted by atomic mass is 19.4. The lowest BCUT2D eigenvalue weighted by Gasteiger charge is -2.08. The molecule has 0 saturated carbocycles. The summed E-state index contributed by atoms with van der Waals surface area (Å²) < 4.78 is 42.0. The van der Waals surface area contributed by atoms with E-state index in [-0.39, 0.29) is 13.2 Å². The lowest BCUT2D eigenvalue weighted by atomic mass is 10.2. The van der Waals surface area contributed by atoms with Crippen LogP contribution in [0.4, 0.5) is 13.2 Å². The highest BCUT2D eigenvalue weighted by Gasteiger charge is 2.26. The maximum Gasteiger partial charge on any atom is 0.391 e. The van der Waals surface area contributed by atoms with E-state index < -0.39 is 12.6 Å². The van der Waals surface area contributed by atoms with Gasteiger partial charge >= 0.3 is 6.18 Å². The van der Waals surface area contributed by atoms with Gasteiger partial charge in [0.25, 0.3) is 0 Å². The highest BCUT2D eigenvalue weighted by molar-refractivity contribution is 5.16. The summed E-state index contributed by atoms with van der Waals surface area (Å²) in [7, 11) is 1.70. The standard InChI is InChI=1S/C9H14F3N3O/c1-15-8(7(4-13)5-14-15)6-16-3-2-9(10,11)12/h5H,2-4,6,13H2,1H3. The topological polar surface area (TPSA) is 53.1 Å². The van der Waals surface area contributed by atoms with Crippen molar-refractivity contribution in [1.82, 2.24) is 9.78 Å². The van der Waals surface area contributed by atoms with Crippen molar-refractivity contribution in [3.05, 3.63) is 17.5 Å². The molecule has 0 radical (unpaired) electrons. The molecule has 1 aromatic heterocycles. The van der Waals surface area contributed by atoms with Crippen molar-refractivity contribution >= 4 is 0 Å². The first-order chi connectivity index (χ1) is 7.44. The molecule has 0 saturated heterocycles. The van der Waals surface area contributed by atoms with Gasteiger partial charge in [0.2, 0.25) is 0 Å². The Bertz CT molecular complexity index is 335. The third-order valence-electron chi connectivity index (χ3n) is 2.14. The van der Waals surface area contributed by atoms with E-state index >= 15 is 0 Å². The Balaban J connectivity index is 2.40. The number of aromatic nitrogens is 2. The Hall–Kier alpha value is -1.08. The SMILES string of the molecule is Cn1ncc(CN)c1COCCC(F)(F)F. The van der Waals surface area contributed by atoms with Crippen LogP contribution in [0.3, 0.4) is 0 Å². The fourth-order valence-corrected chi connectivity index (χ4v) is 1.22. The predicted octanol–water partition coefficient (Wildman–Crippen LogP) is 1.35. The molecular weight excluding hydrogens is 223 g/mol. The van der Waals surface area contributed by atoms with E-state index in [1.54, 1.807) is 17.9 Å². The molecule has 1 rings (SSSR count). The molecule has 0 bridgehead atoms. The third kappa shape index (κ3) is 3.82. The summed E-state index contributed by atoms with van der Waals surface area (Å²) in [4.78, 5) is 0. The van der Waals surface area contributed by atoms with Crippen LogP contribution in [0.15, 0.2) is 6.20 Å². The van der Waals surface area contributed by atoms with Crippen LogP contribution in [0.1, 0.15) is 17.7 Å². The maximum atomic E-state index is 11.8. The number of aryl methyl sites for hydroxylation is 1. The van der Waals surface area contributed by atoms with Crippen LogP contribution in [0.2, 0.25) is 0 Å². The largest absolute Gasteiger partial charge is 0.391 e. The summed E-state index contributed by atoms with van der Waals surface area (Å²) in [5.41, 5.74) is 6.95. The predicted molar refractivity (Wildman–Crippen MR) is 51.4 cm³/mol. The van der Waals surface area contributed by atoms with Gasteiger partial charge in [0, 0.05) is 19.2 Å². The summed E-state index contributed by atoms with van der Waals surface area (Å²) in [6.45, 7) is 0.0452. The first kappa shape index (κ1) is 13.0. The van der Waals surface area contributed by atoms with Gasteiger partial charge < -0.3 is 10.5 Å². The first-order valence-corrected chi connectivity index (χ1v) is 4.78. The average Bonchev–Trinajstić information content (AvgIpc) is 2.53. The lowest BCUT2D eigenvalue weighted by Crippen LogP contribution is -2.13. The smallest absolute Gasteiger partial charge is 0.375 e. The van der Waals surface area contributed by atoms with E-state index in [0.717, 1.165) is 5.56 Å². The minimum atomic E-state index is -4.18. The van der Waals surface area contributed by atoms with E-state index in [1.807, 2.05) is 0 Å². The van der Waals surface area contributed by atoms with Crippen LogP contribution in [0, 0.1) is 0 Å². The maximum absolute atomic E-state index is 11.8. The minimum Gasteiger partial charge on any atom is -0.375 e. The van der Waals surface area contributed by atoms with Crippen molar-refractivity contribution in [3.63, 3.8) is 0 Å². The van der Waals surface area contributed by atoms with Gasteiger partial charge in [-0.3, -0.25) is 4.68 Å². The Morgan fingerprint density at radius 1 is 1.50 bits per heavy atom. The number of rotatable bonds is 5. The van der Waals surface area contributed by atoms with Crippen LogP contribution in [0.25, 0.3) is 0 Å². The quantitative estimate of drug-likeness (QED) is 0.786. The molecular formula is C9H14F3N3O. The molecule has 0 aliphatic carbocycles. The molecule has 0 aliphatic heterocycles. The second kappa shape index (κ2) is 5.31. The van der Waals surface area contributed by atoms with Crippen LogP contribution in [-0.4, -0.2) is 22.6 Å². The first-order valence-electron chi connectivity index (χ1n) is 4.78. The van der Waals surface area contributed by atoms with Gasteiger partial charge in [0.05, 0.1) is 31.5 Å². The van der Waals surface area contributed by atoms with Gasteiger partial charge in [-0.05, 0) is 0 Å². The van der Waals surface area contributed by atoms with Crippen LogP contribution >= 0.6 is 0 Å². The zero-order valence-corrected chi connectivity index (χ0v) is 8.92. The molecule has 7 heteroatoms. The molecule has 0 atom stereocenters. The number of alkyl halides is 3. The third-order valence-corrected chi connectivity index (χ3v) is 2.14. The van der Waals surface area contributed by atoms with Crippen LogP contribution in [0.5, 0.6) is 0 Å². The number of hydrogen-bond donors (Lipinski definition) is 1. The van der Waals surface area contributed by atoms with Crippen molar-refractivity contribution < 1.29 is 17.9 Å². The summed E-state index contributed by atoms with van der Waals surface area (Å²) in [5, 5.41) is 3.95. The Morgan fingerprint density at radius 3 is 2.75 bits per heavy atom. The number of nitrogens with zero attached hydrogens (tertiary/aromatic N) is 2. The molecule has 92 valence electrons. The molecule has 0 unspecified atom stereocenters. The summed E-state index contributed by atoms with van der Waals surface area (Å²) in [6, 6.07) is 0. The molecule has 0 spiro atoms. The molecule has 4 nitrogen and oxygen atoms in total. The van der Waals surface area contributed by atoms with Crippen LogP contribution in [-0.2, 0) is 24.9 Å². The van der Waals surface area contributed by atoms with E-state index in [4.69, 9.17) is 10.5 Å². The Kier molecular flexibility index (Phi) is 4.31. The van der Waals surface area contributed by atoms with Crippen molar-refractivity contribution in [3.8, 4) is 0 Å². The molecule has 1 aromatic rings. The van der Waals surface area contributed by atoms with E-state index in [1.165, 1.54) is 0 Å². The fraction of sp³-hybridized carbons (Fsp3) is 0.667. The average molecular weight is 237 g/mol. The number of ether oxygens (including phenoxy) is 1. The zero-order chi connectivity index (χ0) is 12.2. The molecule has 0 amide bonds. The van der Waals surface area contributed by atoms with Crippen molar-refractivity contribution in [2.24, 2.45) is 12.8 Å². The van der Waals surface area contributed by atoms with E-state index in [9.17, 15) is 13.2 Å². The molecule has 1 heterocycles. The van der Waals surface area contributed by atoms with Crippen molar-refractivity contribution in [1.29, 1.82) is 0 Å². The number of hydrogen-bond acceptors (Lipinski definition) is 3. The second-order valence-electron chi connectivity index (χ2n) is 3.36. The van der Waals surface area contributed by atoms with E-state index in [2.05, 4.69) is 5.10 Å². The monoisotopic (exact) mass is 237 g/mol. The Morgan fingerprint density at radius 2 is 2.19 bits per heavy atom. The van der Waals surface area contributed by atoms with Gasteiger partial charge in [-0.25, -0.2) is 0 Å². The highest BCUT2D eigenvalue weighted by Crippen LogP contribution is 2.19. The summed E-state index contributed by atoms with van der Waals surface area (Å²) >= 11 is 0. The summed E-state index contributed by atoms with van der Waals surface area (Å²) in [5.74, 6) is 0. The van der Waals surface area contributed by atoms with Crippen LogP contribution < -0.4 is 5.73 Å². The minimum absolute atomic E-state index is 0.0963. The molecule has 0 fully saturated rings. The van der Waals surface area contributed by atoms with Crippen molar-refractivity contribution in [2.45, 2.75) is 25.7 Å².